The minimum Gasteiger partial charge on any atom is -0.461 e. The summed E-state index contributed by atoms with van der Waals surface area (Å²) in [6.45, 7) is 0.237. The van der Waals surface area contributed by atoms with Crippen molar-refractivity contribution in [2.75, 3.05) is 6.54 Å². The lowest BCUT2D eigenvalue weighted by atomic mass is 10.2. The van der Waals surface area contributed by atoms with Crippen LogP contribution in [0.3, 0.4) is 0 Å². The summed E-state index contributed by atoms with van der Waals surface area (Å²) in [7, 11) is 0. The first kappa shape index (κ1) is 16.7. The largest absolute Gasteiger partial charge is 0.461 e. The molecule has 0 aliphatic rings. The summed E-state index contributed by atoms with van der Waals surface area (Å²) in [5.74, 6) is -0.626. The standard InChI is InChI=1S/C18H15N3O3S/c19-10-14-13(11-21-8-2-1-4-15(14)21)12-24-17(22)6-7-20-18(23)16-5-3-9-25-16/h1-5,8-9,11H,6-7,12H2,(H,20,23). The number of nitrogens with one attached hydrogen (secondary N) is 1. The number of pyridine rings is 1. The minimum atomic E-state index is -0.425. The summed E-state index contributed by atoms with van der Waals surface area (Å²) >= 11 is 1.34. The molecule has 0 saturated heterocycles. The first-order chi connectivity index (χ1) is 12.2. The monoisotopic (exact) mass is 353 g/mol. The number of ether oxygens (including phenoxy) is 1. The topological polar surface area (TPSA) is 83.6 Å². The van der Waals surface area contributed by atoms with Gasteiger partial charge in [-0.3, -0.25) is 9.59 Å². The molecule has 1 amide bonds. The predicted octanol–water partition coefficient (Wildman–Crippen LogP) is 2.74. The maximum absolute atomic E-state index is 11.8. The number of hydrogen-bond acceptors (Lipinski definition) is 5. The number of carbonyl (C=O) groups excluding carboxylic acids is 2. The highest BCUT2D eigenvalue weighted by molar-refractivity contribution is 7.12. The molecule has 0 fully saturated rings. The van der Waals surface area contributed by atoms with E-state index in [4.69, 9.17) is 4.74 Å². The molecular weight excluding hydrogens is 338 g/mol. The third-order valence-electron chi connectivity index (χ3n) is 3.62. The van der Waals surface area contributed by atoms with Gasteiger partial charge in [0.1, 0.15) is 12.7 Å². The lowest BCUT2D eigenvalue weighted by molar-refractivity contribution is -0.144. The molecule has 0 saturated carbocycles. The van der Waals surface area contributed by atoms with Crippen LogP contribution in [0, 0.1) is 11.3 Å². The fourth-order valence-electron chi connectivity index (χ4n) is 2.42. The molecule has 3 aromatic heterocycles. The Morgan fingerprint density at radius 2 is 2.16 bits per heavy atom. The minimum absolute atomic E-state index is 0.0300. The van der Waals surface area contributed by atoms with E-state index in [-0.39, 0.29) is 25.5 Å². The van der Waals surface area contributed by atoms with Crippen LogP contribution in [0.1, 0.15) is 27.2 Å². The van der Waals surface area contributed by atoms with Gasteiger partial charge in [-0.15, -0.1) is 11.3 Å². The summed E-state index contributed by atoms with van der Waals surface area (Å²) < 4.78 is 7.04. The van der Waals surface area contributed by atoms with E-state index in [9.17, 15) is 14.9 Å². The number of nitriles is 1. The van der Waals surface area contributed by atoms with Crippen LogP contribution in [0.15, 0.2) is 48.1 Å². The van der Waals surface area contributed by atoms with Gasteiger partial charge in [0, 0.05) is 24.5 Å². The van der Waals surface area contributed by atoms with Gasteiger partial charge >= 0.3 is 5.97 Å². The van der Waals surface area contributed by atoms with Gasteiger partial charge in [-0.05, 0) is 23.6 Å². The highest BCUT2D eigenvalue weighted by Gasteiger charge is 2.13. The number of hydrogen-bond donors (Lipinski definition) is 1. The third-order valence-corrected chi connectivity index (χ3v) is 4.49. The van der Waals surface area contributed by atoms with Crippen molar-refractivity contribution in [1.29, 1.82) is 5.26 Å². The number of esters is 1. The Hall–Kier alpha value is -3.11. The van der Waals surface area contributed by atoms with Crippen LogP contribution in [-0.4, -0.2) is 22.8 Å². The van der Waals surface area contributed by atoms with Gasteiger partial charge < -0.3 is 14.5 Å². The second-order valence-corrected chi connectivity index (χ2v) is 6.23. The summed E-state index contributed by atoms with van der Waals surface area (Å²) in [5.41, 5.74) is 1.93. The van der Waals surface area contributed by atoms with E-state index in [0.29, 0.717) is 16.0 Å². The van der Waals surface area contributed by atoms with Gasteiger partial charge in [0.2, 0.25) is 0 Å². The molecule has 25 heavy (non-hydrogen) atoms. The molecule has 126 valence electrons. The van der Waals surface area contributed by atoms with Crippen molar-refractivity contribution in [3.05, 3.63) is 64.1 Å². The highest BCUT2D eigenvalue weighted by Crippen LogP contribution is 2.18. The van der Waals surface area contributed by atoms with Gasteiger partial charge in [-0.25, -0.2) is 0 Å². The number of carbonyl (C=O) groups is 2. The lowest BCUT2D eigenvalue weighted by Gasteiger charge is -2.05. The van der Waals surface area contributed by atoms with Crippen LogP contribution in [0.5, 0.6) is 0 Å². The first-order valence-corrected chi connectivity index (χ1v) is 8.53. The molecule has 0 bridgehead atoms. The maximum Gasteiger partial charge on any atom is 0.307 e. The molecule has 0 unspecified atom stereocenters. The van der Waals surface area contributed by atoms with Crippen LogP contribution in [0.2, 0.25) is 0 Å². The smallest absolute Gasteiger partial charge is 0.307 e. The number of rotatable bonds is 6. The summed E-state index contributed by atoms with van der Waals surface area (Å²) in [6.07, 6.45) is 3.69. The fourth-order valence-corrected chi connectivity index (χ4v) is 3.06. The molecule has 1 N–H and O–H groups in total. The second-order valence-electron chi connectivity index (χ2n) is 5.28. The molecule has 3 aromatic rings. The highest BCUT2D eigenvalue weighted by atomic mass is 32.1. The van der Waals surface area contributed by atoms with Gasteiger partial charge in [-0.1, -0.05) is 12.1 Å². The van der Waals surface area contributed by atoms with E-state index in [0.717, 1.165) is 5.52 Å². The van der Waals surface area contributed by atoms with Crippen molar-refractivity contribution >= 4 is 28.7 Å². The van der Waals surface area contributed by atoms with Crippen molar-refractivity contribution in [2.24, 2.45) is 0 Å². The van der Waals surface area contributed by atoms with Gasteiger partial charge in [0.25, 0.3) is 5.91 Å². The zero-order valence-corrected chi connectivity index (χ0v) is 14.1. The Kier molecular flexibility index (Phi) is 5.11. The molecule has 0 radical (unpaired) electrons. The van der Waals surface area contributed by atoms with Crippen LogP contribution < -0.4 is 5.32 Å². The Morgan fingerprint density at radius 1 is 1.28 bits per heavy atom. The van der Waals surface area contributed by atoms with E-state index in [1.807, 2.05) is 34.2 Å². The van der Waals surface area contributed by atoms with Crippen molar-refractivity contribution in [2.45, 2.75) is 13.0 Å². The van der Waals surface area contributed by atoms with Gasteiger partial charge in [-0.2, -0.15) is 5.26 Å². The molecule has 6 nitrogen and oxygen atoms in total. The van der Waals surface area contributed by atoms with Crippen LogP contribution in [-0.2, 0) is 16.1 Å². The predicted molar refractivity (Wildman–Crippen MR) is 93.2 cm³/mol. The summed E-state index contributed by atoms with van der Waals surface area (Å²) in [4.78, 5) is 24.2. The molecule has 3 rings (SSSR count). The van der Waals surface area contributed by atoms with Crippen molar-refractivity contribution < 1.29 is 14.3 Å². The number of fused-ring (bicyclic) bond motifs is 1. The molecule has 0 atom stereocenters. The van der Waals surface area contributed by atoms with Crippen LogP contribution in [0.4, 0.5) is 0 Å². The van der Waals surface area contributed by atoms with E-state index in [1.54, 1.807) is 18.3 Å². The maximum atomic E-state index is 11.8. The average molecular weight is 353 g/mol. The number of thiophene rings is 1. The lowest BCUT2D eigenvalue weighted by Crippen LogP contribution is -2.25. The zero-order valence-electron chi connectivity index (χ0n) is 13.3. The van der Waals surface area contributed by atoms with E-state index >= 15 is 0 Å². The second kappa shape index (κ2) is 7.64. The summed E-state index contributed by atoms with van der Waals surface area (Å²) in [5, 5.41) is 13.8. The van der Waals surface area contributed by atoms with Crippen molar-refractivity contribution in [3.63, 3.8) is 0 Å². The molecular formula is C18H15N3O3S. The first-order valence-electron chi connectivity index (χ1n) is 7.65. The zero-order chi connectivity index (χ0) is 17.6. The normalized spacial score (nSPS) is 10.4. The van der Waals surface area contributed by atoms with E-state index in [2.05, 4.69) is 11.4 Å². The Bertz CT molecular complexity index is 938. The molecule has 0 aliphatic carbocycles. The van der Waals surface area contributed by atoms with E-state index < -0.39 is 5.97 Å². The molecule has 0 aliphatic heterocycles. The quantitative estimate of drug-likeness (QED) is 0.691. The Morgan fingerprint density at radius 3 is 2.92 bits per heavy atom. The third kappa shape index (κ3) is 3.87. The molecule has 0 aromatic carbocycles. The van der Waals surface area contributed by atoms with E-state index in [1.165, 1.54) is 11.3 Å². The summed E-state index contributed by atoms with van der Waals surface area (Å²) in [6, 6.07) is 11.2. The average Bonchev–Trinajstić information content (AvgIpc) is 3.27. The molecule has 0 spiro atoms. The number of aromatic nitrogens is 1. The Labute approximate surface area is 148 Å². The number of amides is 1. The Balaban J connectivity index is 1.51. The van der Waals surface area contributed by atoms with Crippen LogP contribution in [0.25, 0.3) is 5.52 Å². The van der Waals surface area contributed by atoms with Crippen LogP contribution >= 0.6 is 11.3 Å². The van der Waals surface area contributed by atoms with Gasteiger partial charge in [0.15, 0.2) is 0 Å². The molecule has 7 heteroatoms. The SMILES string of the molecule is N#Cc1c(COC(=O)CCNC(=O)c2cccs2)cn2ccccc12. The number of nitrogens with zero attached hydrogens (tertiary/aromatic N) is 2. The molecule has 3 heterocycles. The van der Waals surface area contributed by atoms with Gasteiger partial charge in [0.05, 0.1) is 22.4 Å². The van der Waals surface area contributed by atoms with Crippen molar-refractivity contribution in [3.8, 4) is 6.07 Å². The fraction of sp³-hybridized carbons (Fsp3) is 0.167. The van der Waals surface area contributed by atoms with Crippen molar-refractivity contribution in [1.82, 2.24) is 9.72 Å².